The number of benzene rings is 1. The molecule has 0 saturated carbocycles. The molecule has 16 heavy (non-hydrogen) atoms. The molecule has 0 unspecified atom stereocenters. The van der Waals surface area contributed by atoms with E-state index in [4.69, 9.17) is 16.3 Å². The lowest BCUT2D eigenvalue weighted by molar-refractivity contribution is -0.0124. The van der Waals surface area contributed by atoms with E-state index in [1.54, 1.807) is 17.0 Å². The molecular weight excluding hydrogens is 226 g/mol. The molecule has 2 rings (SSSR count). The van der Waals surface area contributed by atoms with Crippen LogP contribution in [0.5, 0.6) is 0 Å². The van der Waals surface area contributed by atoms with Crippen LogP contribution in [0.4, 0.5) is 0 Å². The van der Waals surface area contributed by atoms with Crippen molar-refractivity contribution in [3.63, 3.8) is 0 Å². The van der Waals surface area contributed by atoms with Gasteiger partial charge in [-0.2, -0.15) is 0 Å². The van der Waals surface area contributed by atoms with Gasteiger partial charge in [-0.05, 0) is 19.1 Å². The van der Waals surface area contributed by atoms with Crippen molar-refractivity contribution in [2.24, 2.45) is 0 Å². The van der Waals surface area contributed by atoms with Crippen LogP contribution >= 0.6 is 11.6 Å². The van der Waals surface area contributed by atoms with E-state index in [1.807, 2.05) is 19.1 Å². The Kier molecular flexibility index (Phi) is 3.46. The van der Waals surface area contributed by atoms with Crippen molar-refractivity contribution in [3.8, 4) is 0 Å². The number of hydrogen-bond donors (Lipinski definition) is 0. The number of nitrogens with zero attached hydrogens (tertiary/aromatic N) is 1. The molecule has 1 saturated heterocycles. The van der Waals surface area contributed by atoms with E-state index < -0.39 is 0 Å². The van der Waals surface area contributed by atoms with Crippen LogP contribution in [0.3, 0.4) is 0 Å². The molecule has 0 radical (unpaired) electrons. The monoisotopic (exact) mass is 239 g/mol. The first-order valence-corrected chi connectivity index (χ1v) is 5.71. The van der Waals surface area contributed by atoms with Crippen LogP contribution in [0.1, 0.15) is 17.3 Å². The van der Waals surface area contributed by atoms with E-state index in [1.165, 1.54) is 0 Å². The summed E-state index contributed by atoms with van der Waals surface area (Å²) in [7, 11) is 0. The van der Waals surface area contributed by atoms with E-state index in [2.05, 4.69) is 0 Å². The van der Waals surface area contributed by atoms with Gasteiger partial charge in [-0.25, -0.2) is 0 Å². The summed E-state index contributed by atoms with van der Waals surface area (Å²) in [4.78, 5) is 13.9. The van der Waals surface area contributed by atoms with Crippen molar-refractivity contribution in [1.29, 1.82) is 0 Å². The second-order valence-electron chi connectivity index (χ2n) is 3.91. The molecule has 1 aliphatic heterocycles. The Morgan fingerprint density at radius 3 is 2.94 bits per heavy atom. The normalized spacial score (nSPS) is 20.9. The van der Waals surface area contributed by atoms with E-state index >= 15 is 0 Å². The first kappa shape index (κ1) is 11.4. The number of halogens is 1. The molecule has 0 N–H and O–H groups in total. The summed E-state index contributed by atoms with van der Waals surface area (Å²) in [6.45, 7) is 3.82. The summed E-state index contributed by atoms with van der Waals surface area (Å²) in [5.41, 5.74) is 0.568. The van der Waals surface area contributed by atoms with Gasteiger partial charge in [0.2, 0.25) is 0 Å². The maximum atomic E-state index is 12.2. The van der Waals surface area contributed by atoms with Crippen LogP contribution in [0.25, 0.3) is 0 Å². The first-order chi connectivity index (χ1) is 7.68. The summed E-state index contributed by atoms with van der Waals surface area (Å²) in [6.07, 6.45) is 0.0974. The molecule has 1 aromatic carbocycles. The Morgan fingerprint density at radius 2 is 2.25 bits per heavy atom. The fraction of sp³-hybridized carbons (Fsp3) is 0.417. The van der Waals surface area contributed by atoms with Crippen molar-refractivity contribution in [3.05, 3.63) is 34.9 Å². The zero-order valence-corrected chi connectivity index (χ0v) is 9.91. The summed E-state index contributed by atoms with van der Waals surface area (Å²) in [6, 6.07) is 7.13. The summed E-state index contributed by atoms with van der Waals surface area (Å²) >= 11 is 6.00. The molecule has 0 aliphatic carbocycles. The Morgan fingerprint density at radius 1 is 1.50 bits per heavy atom. The molecule has 0 spiro atoms. The molecular formula is C12H14ClNO2. The van der Waals surface area contributed by atoms with Gasteiger partial charge in [0.05, 0.1) is 23.3 Å². The standard InChI is InChI=1S/C12H14ClNO2/c1-9-8-14(6-7-16-9)12(15)10-4-2-3-5-11(10)13/h2-5,9H,6-8H2,1H3/t9-/m0/s1. The molecule has 86 valence electrons. The highest BCUT2D eigenvalue weighted by Gasteiger charge is 2.23. The van der Waals surface area contributed by atoms with Gasteiger partial charge in [0.15, 0.2) is 0 Å². The predicted molar refractivity (Wildman–Crippen MR) is 62.8 cm³/mol. The third kappa shape index (κ3) is 2.36. The lowest BCUT2D eigenvalue weighted by Gasteiger charge is -2.31. The zero-order valence-electron chi connectivity index (χ0n) is 9.15. The second kappa shape index (κ2) is 4.85. The van der Waals surface area contributed by atoms with Crippen molar-refractivity contribution in [1.82, 2.24) is 4.90 Å². The van der Waals surface area contributed by atoms with Crippen molar-refractivity contribution in [2.45, 2.75) is 13.0 Å². The molecule has 0 bridgehead atoms. The number of morpholine rings is 1. The van der Waals surface area contributed by atoms with Gasteiger partial charge < -0.3 is 9.64 Å². The van der Waals surface area contributed by atoms with Gasteiger partial charge in [-0.1, -0.05) is 23.7 Å². The Hall–Kier alpha value is -1.06. The first-order valence-electron chi connectivity index (χ1n) is 5.34. The maximum absolute atomic E-state index is 12.2. The quantitative estimate of drug-likeness (QED) is 0.752. The van der Waals surface area contributed by atoms with Crippen molar-refractivity contribution < 1.29 is 9.53 Å². The molecule has 1 heterocycles. The van der Waals surface area contributed by atoms with Crippen molar-refractivity contribution in [2.75, 3.05) is 19.7 Å². The molecule has 1 aromatic rings. The van der Waals surface area contributed by atoms with E-state index in [0.717, 1.165) is 0 Å². The van der Waals surface area contributed by atoms with Gasteiger partial charge in [-0.15, -0.1) is 0 Å². The Bertz CT molecular complexity index is 394. The average molecular weight is 240 g/mol. The number of amides is 1. The third-order valence-electron chi connectivity index (χ3n) is 2.63. The molecule has 1 aliphatic rings. The summed E-state index contributed by atoms with van der Waals surface area (Å²) < 4.78 is 5.40. The maximum Gasteiger partial charge on any atom is 0.255 e. The van der Waals surface area contributed by atoms with Crippen LogP contribution in [-0.4, -0.2) is 36.6 Å². The number of carbonyl (C=O) groups excluding carboxylic acids is 1. The lowest BCUT2D eigenvalue weighted by Crippen LogP contribution is -2.44. The third-order valence-corrected chi connectivity index (χ3v) is 2.96. The Labute approximate surface area is 100.0 Å². The average Bonchev–Trinajstić information content (AvgIpc) is 2.29. The molecule has 3 nitrogen and oxygen atoms in total. The molecule has 4 heteroatoms. The SMILES string of the molecule is C[C@H]1CN(C(=O)c2ccccc2Cl)CCO1. The van der Waals surface area contributed by atoms with E-state index in [0.29, 0.717) is 30.3 Å². The van der Waals surface area contributed by atoms with Crippen LogP contribution in [0, 0.1) is 0 Å². The van der Waals surface area contributed by atoms with Crippen LogP contribution in [-0.2, 0) is 4.74 Å². The highest BCUT2D eigenvalue weighted by atomic mass is 35.5. The fourth-order valence-electron chi connectivity index (χ4n) is 1.81. The molecule has 1 fully saturated rings. The summed E-state index contributed by atoms with van der Waals surface area (Å²) in [5.74, 6) is -0.0132. The number of hydrogen-bond acceptors (Lipinski definition) is 2. The minimum absolute atomic E-state index is 0.0132. The summed E-state index contributed by atoms with van der Waals surface area (Å²) in [5, 5.41) is 0.506. The second-order valence-corrected chi connectivity index (χ2v) is 4.32. The highest BCUT2D eigenvalue weighted by Crippen LogP contribution is 2.18. The predicted octanol–water partition coefficient (Wildman–Crippen LogP) is 2.20. The number of carbonyl (C=O) groups is 1. The van der Waals surface area contributed by atoms with Crippen LogP contribution in [0.15, 0.2) is 24.3 Å². The smallest absolute Gasteiger partial charge is 0.255 e. The molecule has 0 aromatic heterocycles. The van der Waals surface area contributed by atoms with Crippen LogP contribution < -0.4 is 0 Å². The van der Waals surface area contributed by atoms with Crippen LogP contribution in [0.2, 0.25) is 5.02 Å². The Balaban J connectivity index is 2.16. The lowest BCUT2D eigenvalue weighted by atomic mass is 10.2. The van der Waals surface area contributed by atoms with Gasteiger partial charge in [-0.3, -0.25) is 4.79 Å². The minimum Gasteiger partial charge on any atom is -0.375 e. The number of ether oxygens (including phenoxy) is 1. The van der Waals surface area contributed by atoms with Gasteiger partial charge in [0.25, 0.3) is 5.91 Å². The van der Waals surface area contributed by atoms with Gasteiger partial charge in [0, 0.05) is 13.1 Å². The molecule has 1 amide bonds. The van der Waals surface area contributed by atoms with Gasteiger partial charge >= 0.3 is 0 Å². The van der Waals surface area contributed by atoms with Gasteiger partial charge in [0.1, 0.15) is 0 Å². The van der Waals surface area contributed by atoms with Crippen molar-refractivity contribution >= 4 is 17.5 Å². The molecule has 1 atom stereocenters. The number of rotatable bonds is 1. The fourth-order valence-corrected chi connectivity index (χ4v) is 2.02. The largest absolute Gasteiger partial charge is 0.375 e. The topological polar surface area (TPSA) is 29.5 Å². The van der Waals surface area contributed by atoms with E-state index in [-0.39, 0.29) is 12.0 Å². The minimum atomic E-state index is -0.0132. The highest BCUT2D eigenvalue weighted by molar-refractivity contribution is 6.33. The zero-order chi connectivity index (χ0) is 11.5. The van der Waals surface area contributed by atoms with E-state index in [9.17, 15) is 4.79 Å².